The molecular weight excluding hydrogens is 460 g/mol. The van der Waals surface area contributed by atoms with Crippen molar-refractivity contribution in [1.29, 1.82) is 0 Å². The van der Waals surface area contributed by atoms with Crippen molar-refractivity contribution in [2.45, 2.75) is 31.7 Å². The summed E-state index contributed by atoms with van der Waals surface area (Å²) in [6.45, 7) is 6.68. The van der Waals surface area contributed by atoms with E-state index in [4.69, 9.17) is 11.6 Å². The van der Waals surface area contributed by atoms with Gasteiger partial charge in [-0.15, -0.1) is 10.2 Å². The lowest BCUT2D eigenvalue weighted by atomic mass is 10.2. The first-order valence-electron chi connectivity index (χ1n) is 10.1. The molecule has 164 valence electrons. The molecule has 8 heteroatoms. The Morgan fingerprint density at radius 3 is 2.69 bits per heavy atom. The van der Waals surface area contributed by atoms with Gasteiger partial charge in [0.2, 0.25) is 5.13 Å². The van der Waals surface area contributed by atoms with E-state index < -0.39 is 0 Å². The minimum atomic E-state index is 0.0805. The van der Waals surface area contributed by atoms with Crippen LogP contribution < -0.4 is 5.32 Å². The van der Waals surface area contributed by atoms with Gasteiger partial charge in [0.1, 0.15) is 0 Å². The zero-order valence-electron chi connectivity index (χ0n) is 18.1. The highest BCUT2D eigenvalue weighted by atomic mass is 35.5. The fourth-order valence-corrected chi connectivity index (χ4v) is 5.34. The van der Waals surface area contributed by atoms with Crippen molar-refractivity contribution in [2.75, 3.05) is 11.1 Å². The van der Waals surface area contributed by atoms with Crippen LogP contribution in [-0.2, 0) is 6.54 Å². The number of Topliss-reactive ketones (excluding diaryl/α,β-unsaturated/α-hetero) is 1. The first-order valence-corrected chi connectivity index (χ1v) is 12.3. The second kappa shape index (κ2) is 9.90. The quantitative estimate of drug-likeness (QED) is 0.224. The molecule has 1 N–H and O–H groups in total. The largest absolute Gasteiger partial charge is 0.344 e. The lowest BCUT2D eigenvalue weighted by molar-refractivity contribution is 0.102. The van der Waals surface area contributed by atoms with Crippen molar-refractivity contribution >= 4 is 51.3 Å². The molecular formula is C24H23ClN4OS2. The average Bonchev–Trinajstić information content (AvgIpc) is 3.32. The Labute approximate surface area is 200 Å². The van der Waals surface area contributed by atoms with Crippen LogP contribution >= 0.6 is 34.7 Å². The fraction of sp³-hybridized carbons (Fsp3) is 0.208. The van der Waals surface area contributed by atoms with Gasteiger partial charge in [-0.05, 0) is 56.2 Å². The van der Waals surface area contributed by atoms with Gasteiger partial charge in [0.05, 0.1) is 5.75 Å². The van der Waals surface area contributed by atoms with E-state index in [1.807, 2.05) is 69.3 Å². The molecule has 5 nitrogen and oxygen atoms in total. The maximum absolute atomic E-state index is 12.9. The van der Waals surface area contributed by atoms with E-state index in [-0.39, 0.29) is 5.78 Å². The highest BCUT2D eigenvalue weighted by Crippen LogP contribution is 2.29. The molecule has 32 heavy (non-hydrogen) atoms. The number of anilines is 2. The molecule has 2 heterocycles. The van der Waals surface area contributed by atoms with Gasteiger partial charge < -0.3 is 9.88 Å². The summed E-state index contributed by atoms with van der Waals surface area (Å²) in [6, 6.07) is 17.8. The third kappa shape index (κ3) is 5.23. The number of nitrogens with one attached hydrogen (secondary N) is 1. The van der Waals surface area contributed by atoms with Crippen LogP contribution in [-0.4, -0.2) is 26.3 Å². The van der Waals surface area contributed by atoms with Gasteiger partial charge in [-0.2, -0.15) is 0 Å². The molecule has 0 aliphatic heterocycles. The summed E-state index contributed by atoms with van der Waals surface area (Å²) in [5, 5.41) is 13.1. The van der Waals surface area contributed by atoms with E-state index in [1.165, 1.54) is 28.7 Å². The molecule has 0 saturated heterocycles. The zero-order valence-corrected chi connectivity index (χ0v) is 20.4. The number of rotatable bonds is 8. The molecule has 0 aliphatic rings. The number of nitrogens with zero attached hydrogens (tertiary/aromatic N) is 3. The second-order valence-electron chi connectivity index (χ2n) is 7.54. The monoisotopic (exact) mass is 482 g/mol. The summed E-state index contributed by atoms with van der Waals surface area (Å²) >= 11 is 9.18. The number of benzene rings is 2. The summed E-state index contributed by atoms with van der Waals surface area (Å²) in [5.41, 5.74) is 5.91. The summed E-state index contributed by atoms with van der Waals surface area (Å²) in [6.07, 6.45) is 0. The van der Waals surface area contributed by atoms with Gasteiger partial charge >= 0.3 is 0 Å². The van der Waals surface area contributed by atoms with Crippen LogP contribution in [0.15, 0.2) is 58.9 Å². The molecule has 0 aliphatic carbocycles. The predicted octanol–water partition coefficient (Wildman–Crippen LogP) is 6.69. The lowest BCUT2D eigenvalue weighted by Crippen LogP contribution is -2.07. The lowest BCUT2D eigenvalue weighted by Gasteiger charge is -2.11. The fourth-order valence-electron chi connectivity index (χ4n) is 3.49. The molecule has 0 saturated carbocycles. The number of ketones is 1. The summed E-state index contributed by atoms with van der Waals surface area (Å²) < 4.78 is 2.90. The van der Waals surface area contributed by atoms with Gasteiger partial charge in [0, 0.05) is 34.2 Å². The molecule has 0 atom stereocenters. The average molecular weight is 483 g/mol. The standard InChI is InChI=1S/C24H23ClN4OS2/c1-15-7-6-9-19(11-15)26-23-27-28-24(32-23)31-14-22(30)20-12-16(2)29(17(20)3)13-18-8-4-5-10-21(18)25/h4-12H,13-14H2,1-3H3,(H,26,27). The molecule has 2 aromatic carbocycles. The van der Waals surface area contributed by atoms with E-state index in [2.05, 4.69) is 26.1 Å². The van der Waals surface area contributed by atoms with Crippen molar-refractivity contribution in [3.8, 4) is 0 Å². The topological polar surface area (TPSA) is 59.8 Å². The van der Waals surface area contributed by atoms with Crippen LogP contribution in [0.2, 0.25) is 5.02 Å². The molecule has 0 unspecified atom stereocenters. The number of carbonyl (C=O) groups excluding carboxylic acids is 1. The Kier molecular flexibility index (Phi) is 6.98. The van der Waals surface area contributed by atoms with E-state index >= 15 is 0 Å². The van der Waals surface area contributed by atoms with Gasteiger partial charge in [-0.3, -0.25) is 4.79 Å². The van der Waals surface area contributed by atoms with E-state index in [9.17, 15) is 4.79 Å². The Morgan fingerprint density at radius 2 is 1.91 bits per heavy atom. The molecule has 0 spiro atoms. The third-order valence-corrected chi connectivity index (χ3v) is 7.50. The Morgan fingerprint density at radius 1 is 1.09 bits per heavy atom. The van der Waals surface area contributed by atoms with Crippen LogP contribution in [0, 0.1) is 20.8 Å². The second-order valence-corrected chi connectivity index (χ2v) is 10.1. The Bertz CT molecular complexity index is 1260. The summed E-state index contributed by atoms with van der Waals surface area (Å²) in [7, 11) is 0. The first-order chi connectivity index (χ1) is 15.4. The molecule has 0 radical (unpaired) electrons. The predicted molar refractivity (Wildman–Crippen MR) is 134 cm³/mol. The highest BCUT2D eigenvalue weighted by Gasteiger charge is 2.17. The smallest absolute Gasteiger partial charge is 0.210 e. The van der Waals surface area contributed by atoms with Crippen LogP contribution in [0.4, 0.5) is 10.8 Å². The molecule has 4 rings (SSSR count). The van der Waals surface area contributed by atoms with Crippen LogP contribution in [0.3, 0.4) is 0 Å². The number of carbonyl (C=O) groups is 1. The van der Waals surface area contributed by atoms with Crippen LogP contribution in [0.25, 0.3) is 0 Å². The number of hydrogen-bond donors (Lipinski definition) is 1. The van der Waals surface area contributed by atoms with Gasteiger partial charge in [0.25, 0.3) is 0 Å². The van der Waals surface area contributed by atoms with Gasteiger partial charge in [-0.1, -0.05) is 65.0 Å². The molecule has 2 aromatic heterocycles. The molecule has 0 fully saturated rings. The number of aryl methyl sites for hydroxylation is 2. The van der Waals surface area contributed by atoms with Crippen LogP contribution in [0.1, 0.15) is 32.9 Å². The number of halogens is 1. The van der Waals surface area contributed by atoms with E-state index in [0.717, 1.165) is 37.6 Å². The minimum absolute atomic E-state index is 0.0805. The Balaban J connectivity index is 1.40. The van der Waals surface area contributed by atoms with Gasteiger partial charge in [0.15, 0.2) is 10.1 Å². The molecule has 4 aromatic rings. The maximum atomic E-state index is 12.9. The van der Waals surface area contributed by atoms with Gasteiger partial charge in [-0.25, -0.2) is 0 Å². The normalized spacial score (nSPS) is 11.0. The van der Waals surface area contributed by atoms with E-state index in [0.29, 0.717) is 17.4 Å². The minimum Gasteiger partial charge on any atom is -0.344 e. The first kappa shape index (κ1) is 22.6. The van der Waals surface area contributed by atoms with Crippen LogP contribution in [0.5, 0.6) is 0 Å². The van der Waals surface area contributed by atoms with Crippen molar-refractivity contribution in [3.05, 3.63) is 87.7 Å². The van der Waals surface area contributed by atoms with Crippen molar-refractivity contribution in [1.82, 2.24) is 14.8 Å². The highest BCUT2D eigenvalue weighted by molar-refractivity contribution is 8.01. The maximum Gasteiger partial charge on any atom is 0.210 e. The zero-order chi connectivity index (χ0) is 22.7. The molecule has 0 amide bonds. The van der Waals surface area contributed by atoms with Crippen molar-refractivity contribution < 1.29 is 4.79 Å². The number of thioether (sulfide) groups is 1. The summed E-state index contributed by atoms with van der Waals surface area (Å²) in [5.74, 6) is 0.395. The SMILES string of the molecule is Cc1cccc(Nc2nnc(SCC(=O)c3cc(C)n(Cc4ccccc4Cl)c3C)s2)c1. The van der Waals surface area contributed by atoms with E-state index in [1.54, 1.807) is 0 Å². The van der Waals surface area contributed by atoms with Crippen molar-refractivity contribution in [2.24, 2.45) is 0 Å². The molecule has 0 bridgehead atoms. The Hall–Kier alpha value is -2.61. The third-order valence-electron chi connectivity index (χ3n) is 5.16. The summed E-state index contributed by atoms with van der Waals surface area (Å²) in [4.78, 5) is 12.9. The number of aromatic nitrogens is 3. The number of hydrogen-bond acceptors (Lipinski definition) is 6. The van der Waals surface area contributed by atoms with Crippen molar-refractivity contribution in [3.63, 3.8) is 0 Å².